The lowest BCUT2D eigenvalue weighted by atomic mass is 9.90. The average Bonchev–Trinajstić information content (AvgIpc) is 2.36. The van der Waals surface area contributed by atoms with Crippen LogP contribution in [-0.4, -0.2) is 12.6 Å². The van der Waals surface area contributed by atoms with E-state index < -0.39 is 0 Å². The van der Waals surface area contributed by atoms with E-state index >= 15 is 0 Å². The van der Waals surface area contributed by atoms with Crippen LogP contribution < -0.4 is 11.2 Å². The monoisotopic (exact) mass is 140 g/mol. The number of hydrogen-bond donors (Lipinski definition) is 2. The van der Waals surface area contributed by atoms with Crippen LogP contribution in [0, 0.1) is 5.92 Å². The molecule has 1 aliphatic carbocycles. The molecule has 0 aromatic heterocycles. The molecular weight excluding hydrogens is 128 g/mol. The summed E-state index contributed by atoms with van der Waals surface area (Å²) < 4.78 is 0. The molecule has 1 heterocycles. The van der Waals surface area contributed by atoms with Crippen molar-refractivity contribution in [2.24, 2.45) is 11.7 Å². The maximum atomic E-state index is 5.86. The third kappa shape index (κ3) is 0.822. The summed E-state index contributed by atoms with van der Waals surface area (Å²) in [6.45, 7) is 0.882. The summed E-state index contributed by atoms with van der Waals surface area (Å²) in [7, 11) is 0. The molecule has 2 atom stereocenters. The summed E-state index contributed by atoms with van der Waals surface area (Å²) in [5.74, 6) is 1.49. The van der Waals surface area contributed by atoms with E-state index in [0.29, 0.717) is 12.0 Å². The Kier molecular flexibility index (Phi) is 1.39. The number of rotatable bonds is 0. The molecule has 0 amide bonds. The van der Waals surface area contributed by atoms with Crippen LogP contribution in [0.2, 0.25) is 0 Å². The smallest absolute Gasteiger partial charge is 0.126 e. The molecular formula is C7H12N2O. The van der Waals surface area contributed by atoms with Crippen molar-refractivity contribution in [1.82, 2.24) is 5.48 Å². The van der Waals surface area contributed by atoms with E-state index in [1.54, 1.807) is 0 Å². The van der Waals surface area contributed by atoms with Gasteiger partial charge in [-0.15, -0.1) is 0 Å². The van der Waals surface area contributed by atoms with Crippen LogP contribution in [-0.2, 0) is 4.84 Å². The molecule has 10 heavy (non-hydrogen) atoms. The zero-order chi connectivity index (χ0) is 6.97. The van der Waals surface area contributed by atoms with Crippen molar-refractivity contribution in [3.05, 3.63) is 11.8 Å². The lowest BCUT2D eigenvalue weighted by Gasteiger charge is -2.20. The van der Waals surface area contributed by atoms with Gasteiger partial charge in [0.25, 0.3) is 0 Å². The van der Waals surface area contributed by atoms with Crippen LogP contribution in [0.5, 0.6) is 0 Å². The molecule has 1 saturated heterocycles. The Labute approximate surface area is 60.2 Å². The van der Waals surface area contributed by atoms with Gasteiger partial charge in [-0.3, -0.25) is 0 Å². The second-order valence-electron chi connectivity index (χ2n) is 2.90. The molecule has 1 aliphatic heterocycles. The summed E-state index contributed by atoms with van der Waals surface area (Å²) in [4.78, 5) is 5.16. The van der Waals surface area contributed by atoms with Crippen LogP contribution in [0.15, 0.2) is 11.8 Å². The Balaban J connectivity index is 2.18. The van der Waals surface area contributed by atoms with Gasteiger partial charge in [-0.05, 0) is 18.9 Å². The van der Waals surface area contributed by atoms with Gasteiger partial charge in [-0.2, -0.15) is 5.48 Å². The minimum absolute atomic E-state index is 0.301. The van der Waals surface area contributed by atoms with Crippen LogP contribution >= 0.6 is 0 Å². The normalized spacial score (nSPS) is 38.3. The molecule has 3 nitrogen and oxygen atoms in total. The van der Waals surface area contributed by atoms with Gasteiger partial charge >= 0.3 is 0 Å². The number of fused-ring (bicyclic) bond motifs is 1. The van der Waals surface area contributed by atoms with Gasteiger partial charge in [-0.1, -0.05) is 0 Å². The Bertz CT molecular complexity index is 167. The van der Waals surface area contributed by atoms with Gasteiger partial charge in [0.1, 0.15) is 5.76 Å². The Morgan fingerprint density at radius 1 is 1.70 bits per heavy atom. The number of hydroxylamine groups is 1. The van der Waals surface area contributed by atoms with Gasteiger partial charge in [0.15, 0.2) is 0 Å². The number of nitrogens with two attached hydrogens (primary N) is 1. The van der Waals surface area contributed by atoms with Crippen LogP contribution in [0.25, 0.3) is 0 Å². The second kappa shape index (κ2) is 2.25. The molecule has 0 saturated carbocycles. The first-order chi connectivity index (χ1) is 4.88. The summed E-state index contributed by atoms with van der Waals surface area (Å²) in [6.07, 6.45) is 4.29. The lowest BCUT2D eigenvalue weighted by Crippen LogP contribution is -2.33. The zero-order valence-corrected chi connectivity index (χ0v) is 5.84. The quantitative estimate of drug-likeness (QED) is 0.503. The van der Waals surface area contributed by atoms with Gasteiger partial charge in [0.05, 0.1) is 0 Å². The third-order valence-corrected chi connectivity index (χ3v) is 2.22. The molecule has 0 radical (unpaired) electrons. The van der Waals surface area contributed by atoms with E-state index in [9.17, 15) is 0 Å². The van der Waals surface area contributed by atoms with Crippen molar-refractivity contribution in [3.8, 4) is 0 Å². The summed E-state index contributed by atoms with van der Waals surface area (Å²) in [5.41, 5.74) is 8.71. The first-order valence-corrected chi connectivity index (χ1v) is 3.73. The predicted octanol–water partition coefficient (Wildman–Crippen LogP) is 0.142. The molecule has 0 spiro atoms. The van der Waals surface area contributed by atoms with Crippen LogP contribution in [0.3, 0.4) is 0 Å². The van der Waals surface area contributed by atoms with Crippen LogP contribution in [0.4, 0.5) is 0 Å². The molecule has 3 heteroatoms. The minimum Gasteiger partial charge on any atom is -0.413 e. The van der Waals surface area contributed by atoms with E-state index in [1.807, 2.05) is 0 Å². The molecule has 2 rings (SSSR count). The maximum absolute atomic E-state index is 5.86. The summed E-state index contributed by atoms with van der Waals surface area (Å²) in [6, 6.07) is 0.301. The van der Waals surface area contributed by atoms with Crippen molar-refractivity contribution in [2.75, 3.05) is 6.54 Å². The van der Waals surface area contributed by atoms with Gasteiger partial charge in [0.2, 0.25) is 0 Å². The van der Waals surface area contributed by atoms with E-state index in [2.05, 4.69) is 11.6 Å². The number of nitrogens with one attached hydrogen (secondary N) is 1. The van der Waals surface area contributed by atoms with E-state index in [-0.39, 0.29) is 0 Å². The minimum atomic E-state index is 0.301. The molecule has 2 aliphatic rings. The lowest BCUT2D eigenvalue weighted by molar-refractivity contribution is 0.151. The summed E-state index contributed by atoms with van der Waals surface area (Å²) in [5, 5.41) is 0. The predicted molar refractivity (Wildman–Crippen MR) is 37.9 cm³/mol. The average molecular weight is 140 g/mol. The van der Waals surface area contributed by atoms with Crippen molar-refractivity contribution in [2.45, 2.75) is 18.9 Å². The van der Waals surface area contributed by atoms with Crippen molar-refractivity contribution in [1.29, 1.82) is 0 Å². The van der Waals surface area contributed by atoms with E-state index in [1.165, 1.54) is 0 Å². The second-order valence-corrected chi connectivity index (χ2v) is 2.90. The molecule has 2 unspecified atom stereocenters. The van der Waals surface area contributed by atoms with Crippen LogP contribution in [0.1, 0.15) is 12.8 Å². The first-order valence-electron chi connectivity index (χ1n) is 3.73. The van der Waals surface area contributed by atoms with Crippen molar-refractivity contribution in [3.63, 3.8) is 0 Å². The van der Waals surface area contributed by atoms with Crippen molar-refractivity contribution >= 4 is 0 Å². The third-order valence-electron chi connectivity index (χ3n) is 2.22. The van der Waals surface area contributed by atoms with Crippen molar-refractivity contribution < 1.29 is 4.84 Å². The molecule has 3 N–H and O–H groups in total. The highest BCUT2D eigenvalue weighted by Gasteiger charge is 2.30. The van der Waals surface area contributed by atoms with E-state index in [0.717, 1.165) is 25.1 Å². The fraction of sp³-hybridized carbons (Fsp3) is 0.714. The van der Waals surface area contributed by atoms with Gasteiger partial charge in [-0.25, -0.2) is 0 Å². The van der Waals surface area contributed by atoms with Gasteiger partial charge < -0.3 is 10.6 Å². The molecule has 0 aromatic carbocycles. The summed E-state index contributed by atoms with van der Waals surface area (Å²) >= 11 is 0. The molecule has 0 aromatic rings. The topological polar surface area (TPSA) is 47.3 Å². The maximum Gasteiger partial charge on any atom is 0.126 e. The fourth-order valence-electron chi connectivity index (χ4n) is 1.57. The SMILES string of the molecule is NC1CCC=C2ONCC21. The van der Waals surface area contributed by atoms with Gasteiger partial charge in [0, 0.05) is 18.5 Å². The molecule has 0 bridgehead atoms. The molecule has 56 valence electrons. The Morgan fingerprint density at radius 2 is 2.60 bits per heavy atom. The Morgan fingerprint density at radius 3 is 3.40 bits per heavy atom. The highest BCUT2D eigenvalue weighted by Crippen LogP contribution is 2.27. The number of allylic oxidation sites excluding steroid dienone is 1. The molecule has 1 fully saturated rings. The standard InChI is InChI=1S/C7H12N2O/c8-6-2-1-3-7-5(6)4-9-10-7/h3,5-6,9H,1-2,4,8H2. The number of hydrogen-bond acceptors (Lipinski definition) is 3. The first kappa shape index (κ1) is 6.19. The fourth-order valence-corrected chi connectivity index (χ4v) is 1.57. The van der Waals surface area contributed by atoms with E-state index in [4.69, 9.17) is 10.6 Å². The Hall–Kier alpha value is -0.540. The largest absolute Gasteiger partial charge is 0.413 e. The highest BCUT2D eigenvalue weighted by atomic mass is 16.7. The highest BCUT2D eigenvalue weighted by molar-refractivity contribution is 5.09. The zero-order valence-electron chi connectivity index (χ0n) is 5.84.